The third-order valence-corrected chi connectivity index (χ3v) is 2.85. The van der Waals surface area contributed by atoms with Crippen molar-refractivity contribution in [2.45, 2.75) is 39.2 Å². The van der Waals surface area contributed by atoms with E-state index in [4.69, 9.17) is 0 Å². The van der Waals surface area contributed by atoms with Gasteiger partial charge in [0, 0.05) is 17.2 Å². The number of carbonyl (C=O) groups excluding carboxylic acids is 1. The molecule has 19 heavy (non-hydrogen) atoms. The monoisotopic (exact) mass is 262 g/mol. The first-order chi connectivity index (χ1) is 8.88. The second-order valence-electron chi connectivity index (χ2n) is 5.46. The second-order valence-corrected chi connectivity index (χ2v) is 5.46. The average molecular weight is 262 g/mol. The molecule has 0 aromatic carbocycles. The Morgan fingerprint density at radius 3 is 2.74 bits per heavy atom. The van der Waals surface area contributed by atoms with E-state index in [1.54, 1.807) is 6.92 Å². The van der Waals surface area contributed by atoms with Crippen molar-refractivity contribution in [1.82, 2.24) is 25.0 Å². The molecule has 1 unspecified atom stereocenters. The molecule has 7 heteroatoms. The molecule has 1 atom stereocenters. The number of aromatic nitrogens is 5. The summed E-state index contributed by atoms with van der Waals surface area (Å²) in [6, 6.07) is 1.41. The summed E-state index contributed by atoms with van der Waals surface area (Å²) in [5.74, 6) is 0.333. The first-order valence-electron chi connectivity index (χ1n) is 6.09. The van der Waals surface area contributed by atoms with E-state index in [0.717, 1.165) is 5.69 Å². The zero-order valence-corrected chi connectivity index (χ0v) is 11.5. The molecule has 2 N–H and O–H groups in total. The molecule has 0 aliphatic heterocycles. The van der Waals surface area contributed by atoms with Crippen LogP contribution in [-0.2, 0) is 10.2 Å². The van der Waals surface area contributed by atoms with E-state index in [1.165, 1.54) is 17.3 Å². The number of hydrogen-bond donors (Lipinski definition) is 2. The van der Waals surface area contributed by atoms with Crippen LogP contribution in [0.25, 0.3) is 0 Å². The highest BCUT2D eigenvalue weighted by atomic mass is 16.2. The van der Waals surface area contributed by atoms with Crippen LogP contribution < -0.4 is 5.32 Å². The highest BCUT2D eigenvalue weighted by Crippen LogP contribution is 2.22. The quantitative estimate of drug-likeness (QED) is 0.877. The molecule has 0 bridgehead atoms. The van der Waals surface area contributed by atoms with Gasteiger partial charge in [-0.1, -0.05) is 20.8 Å². The first kappa shape index (κ1) is 13.3. The highest BCUT2D eigenvalue weighted by Gasteiger charge is 2.20. The standard InChI is InChI=1S/C12H18N6O/c1-8(18-7-13-6-14-18)11(19)15-10-5-9(16-17-10)12(2,3)4/h5-8H,1-4H3,(H2,15,16,17,19). The molecule has 2 rings (SSSR count). The fraction of sp³-hybridized carbons (Fsp3) is 0.500. The lowest BCUT2D eigenvalue weighted by Gasteiger charge is -2.14. The molecular weight excluding hydrogens is 244 g/mol. The molecule has 0 aliphatic carbocycles. The number of aromatic amines is 1. The molecule has 1 amide bonds. The summed E-state index contributed by atoms with van der Waals surface area (Å²) in [5.41, 5.74) is 0.934. The van der Waals surface area contributed by atoms with Gasteiger partial charge in [0.05, 0.1) is 0 Å². The number of rotatable bonds is 3. The maximum absolute atomic E-state index is 12.0. The van der Waals surface area contributed by atoms with Crippen molar-refractivity contribution in [2.24, 2.45) is 0 Å². The average Bonchev–Trinajstić information content (AvgIpc) is 2.97. The number of anilines is 1. The molecule has 0 radical (unpaired) electrons. The maximum Gasteiger partial charge on any atom is 0.250 e. The van der Waals surface area contributed by atoms with Gasteiger partial charge in [-0.15, -0.1) is 0 Å². The third kappa shape index (κ3) is 2.98. The molecule has 102 valence electrons. The Hall–Kier alpha value is -2.18. The van der Waals surface area contributed by atoms with Crippen molar-refractivity contribution in [3.8, 4) is 0 Å². The van der Waals surface area contributed by atoms with Crippen molar-refractivity contribution >= 4 is 11.7 Å². The largest absolute Gasteiger partial charge is 0.307 e. The van der Waals surface area contributed by atoms with Crippen LogP contribution in [0.5, 0.6) is 0 Å². The van der Waals surface area contributed by atoms with Crippen molar-refractivity contribution < 1.29 is 4.79 Å². The minimum atomic E-state index is -0.433. The normalized spacial score (nSPS) is 13.3. The zero-order valence-electron chi connectivity index (χ0n) is 11.5. The van der Waals surface area contributed by atoms with Crippen LogP contribution in [0.3, 0.4) is 0 Å². The lowest BCUT2D eigenvalue weighted by atomic mass is 9.92. The smallest absolute Gasteiger partial charge is 0.250 e. The van der Waals surface area contributed by atoms with Crippen LogP contribution in [0.1, 0.15) is 39.4 Å². The van der Waals surface area contributed by atoms with E-state index in [0.29, 0.717) is 5.82 Å². The number of H-pyrrole nitrogens is 1. The second kappa shape index (κ2) is 4.83. The predicted octanol–water partition coefficient (Wildman–Crippen LogP) is 1.50. The lowest BCUT2D eigenvalue weighted by Crippen LogP contribution is -2.24. The van der Waals surface area contributed by atoms with Gasteiger partial charge in [0.25, 0.3) is 0 Å². The molecule has 2 heterocycles. The fourth-order valence-electron chi connectivity index (χ4n) is 1.54. The van der Waals surface area contributed by atoms with Crippen molar-refractivity contribution in [3.05, 3.63) is 24.4 Å². The van der Waals surface area contributed by atoms with Crippen LogP contribution in [0.2, 0.25) is 0 Å². The molecule has 0 saturated heterocycles. The van der Waals surface area contributed by atoms with Crippen molar-refractivity contribution in [1.29, 1.82) is 0 Å². The summed E-state index contributed by atoms with van der Waals surface area (Å²) in [7, 11) is 0. The van der Waals surface area contributed by atoms with Crippen LogP contribution in [0.15, 0.2) is 18.7 Å². The van der Waals surface area contributed by atoms with E-state index in [1.807, 2.05) is 6.07 Å². The van der Waals surface area contributed by atoms with Gasteiger partial charge in [0.15, 0.2) is 5.82 Å². The minimum Gasteiger partial charge on any atom is -0.307 e. The number of hydrogen-bond acceptors (Lipinski definition) is 4. The van der Waals surface area contributed by atoms with Gasteiger partial charge in [-0.3, -0.25) is 9.89 Å². The predicted molar refractivity (Wildman–Crippen MR) is 70.7 cm³/mol. The topological polar surface area (TPSA) is 88.5 Å². The fourth-order valence-corrected chi connectivity index (χ4v) is 1.54. The summed E-state index contributed by atoms with van der Waals surface area (Å²) < 4.78 is 1.49. The number of nitrogens with one attached hydrogen (secondary N) is 2. The summed E-state index contributed by atoms with van der Waals surface area (Å²) in [5, 5.41) is 13.7. The van der Waals surface area contributed by atoms with E-state index in [9.17, 15) is 4.79 Å². The van der Waals surface area contributed by atoms with Gasteiger partial charge >= 0.3 is 0 Å². The SMILES string of the molecule is CC(C(=O)Nc1cc(C(C)(C)C)[nH]n1)n1cncn1. The van der Waals surface area contributed by atoms with Crippen LogP contribution in [-0.4, -0.2) is 30.9 Å². The molecule has 2 aromatic heterocycles. The van der Waals surface area contributed by atoms with E-state index in [2.05, 4.69) is 46.4 Å². The van der Waals surface area contributed by atoms with Gasteiger partial charge in [0.2, 0.25) is 5.91 Å². The summed E-state index contributed by atoms with van der Waals surface area (Å²) in [6.07, 6.45) is 2.91. The molecule has 0 aliphatic rings. The molecule has 0 spiro atoms. The summed E-state index contributed by atoms with van der Waals surface area (Å²) >= 11 is 0. The van der Waals surface area contributed by atoms with E-state index < -0.39 is 6.04 Å². The first-order valence-corrected chi connectivity index (χ1v) is 6.09. The minimum absolute atomic E-state index is 0.0342. The number of carbonyl (C=O) groups is 1. The molecule has 0 fully saturated rings. The molecular formula is C12H18N6O. The van der Waals surface area contributed by atoms with E-state index in [-0.39, 0.29) is 11.3 Å². The van der Waals surface area contributed by atoms with Crippen LogP contribution in [0.4, 0.5) is 5.82 Å². The Kier molecular flexibility index (Phi) is 3.37. The van der Waals surface area contributed by atoms with Gasteiger partial charge in [-0.05, 0) is 6.92 Å². The Morgan fingerprint density at radius 1 is 1.47 bits per heavy atom. The van der Waals surface area contributed by atoms with Crippen LogP contribution >= 0.6 is 0 Å². The number of amides is 1. The zero-order chi connectivity index (χ0) is 14.0. The summed E-state index contributed by atoms with van der Waals surface area (Å²) in [4.78, 5) is 15.8. The molecule has 7 nitrogen and oxygen atoms in total. The van der Waals surface area contributed by atoms with E-state index >= 15 is 0 Å². The number of nitrogens with zero attached hydrogens (tertiary/aromatic N) is 4. The van der Waals surface area contributed by atoms with Gasteiger partial charge < -0.3 is 5.32 Å². The van der Waals surface area contributed by atoms with Crippen LogP contribution in [0, 0.1) is 0 Å². The summed E-state index contributed by atoms with van der Waals surface area (Å²) in [6.45, 7) is 7.97. The molecule has 2 aromatic rings. The Morgan fingerprint density at radius 2 is 2.21 bits per heavy atom. The van der Waals surface area contributed by atoms with Gasteiger partial charge in [0.1, 0.15) is 18.7 Å². The van der Waals surface area contributed by atoms with Crippen molar-refractivity contribution in [3.63, 3.8) is 0 Å². The molecule has 0 saturated carbocycles. The van der Waals surface area contributed by atoms with Gasteiger partial charge in [-0.25, -0.2) is 9.67 Å². The highest BCUT2D eigenvalue weighted by molar-refractivity contribution is 5.92. The Labute approximate surface area is 111 Å². The lowest BCUT2D eigenvalue weighted by molar-refractivity contribution is -0.119. The van der Waals surface area contributed by atoms with Gasteiger partial charge in [-0.2, -0.15) is 10.2 Å². The third-order valence-electron chi connectivity index (χ3n) is 2.85. The maximum atomic E-state index is 12.0. The Bertz CT molecular complexity index is 551. The Balaban J connectivity index is 2.05. The van der Waals surface area contributed by atoms with Crippen molar-refractivity contribution in [2.75, 3.05) is 5.32 Å².